The standard InChI is InChI=1S/C26H29NO5/c1-30-20-9-7-19(8-10-20)25-21-4-2-3-13-26(21,29)14-15-27(25)24(28)12-6-18-5-11-22-23(16-18)32-17-31-22/h5-12,16,21,25,29H,2-4,13-15,17H2,1H3/t21-,25-,26+/m1/s1. The molecule has 0 radical (unpaired) electrons. The Morgan fingerprint density at radius 2 is 1.94 bits per heavy atom. The van der Waals surface area contributed by atoms with E-state index in [-0.39, 0.29) is 24.7 Å². The lowest BCUT2D eigenvalue weighted by atomic mass is 9.66. The van der Waals surface area contributed by atoms with Crippen molar-refractivity contribution in [3.05, 3.63) is 59.7 Å². The van der Waals surface area contributed by atoms with E-state index in [0.29, 0.717) is 18.7 Å². The van der Waals surface area contributed by atoms with Crippen LogP contribution in [0.15, 0.2) is 48.5 Å². The summed E-state index contributed by atoms with van der Waals surface area (Å²) in [6.45, 7) is 0.761. The summed E-state index contributed by atoms with van der Waals surface area (Å²) in [6, 6.07) is 13.4. The highest BCUT2D eigenvalue weighted by atomic mass is 16.7. The van der Waals surface area contributed by atoms with E-state index in [2.05, 4.69) is 0 Å². The molecule has 32 heavy (non-hydrogen) atoms. The van der Waals surface area contributed by atoms with Crippen LogP contribution in [0, 0.1) is 5.92 Å². The minimum atomic E-state index is -0.708. The number of likely N-dealkylation sites (tertiary alicyclic amines) is 1. The number of methoxy groups -OCH3 is 1. The summed E-state index contributed by atoms with van der Waals surface area (Å²) < 4.78 is 16.1. The van der Waals surface area contributed by atoms with Gasteiger partial charge in [-0.25, -0.2) is 0 Å². The maximum absolute atomic E-state index is 13.4. The Hall–Kier alpha value is -2.99. The molecular weight excluding hydrogens is 406 g/mol. The van der Waals surface area contributed by atoms with Gasteiger partial charge in [0, 0.05) is 18.5 Å². The van der Waals surface area contributed by atoms with Crippen molar-refractivity contribution in [1.82, 2.24) is 4.90 Å². The summed E-state index contributed by atoms with van der Waals surface area (Å²) in [5, 5.41) is 11.4. The molecule has 2 aromatic rings. The van der Waals surface area contributed by atoms with E-state index in [9.17, 15) is 9.90 Å². The van der Waals surface area contributed by atoms with Crippen molar-refractivity contribution in [2.75, 3.05) is 20.4 Å². The molecule has 2 aromatic carbocycles. The number of carbonyl (C=O) groups excluding carboxylic acids is 1. The number of hydrogen-bond acceptors (Lipinski definition) is 5. The number of aliphatic hydroxyl groups is 1. The highest BCUT2D eigenvalue weighted by molar-refractivity contribution is 5.92. The smallest absolute Gasteiger partial charge is 0.247 e. The Morgan fingerprint density at radius 1 is 1.12 bits per heavy atom. The summed E-state index contributed by atoms with van der Waals surface area (Å²) >= 11 is 0. The molecule has 1 amide bonds. The molecule has 2 fully saturated rings. The zero-order chi connectivity index (χ0) is 22.1. The maximum atomic E-state index is 13.4. The Kier molecular flexibility index (Phi) is 5.55. The van der Waals surface area contributed by atoms with Gasteiger partial charge in [-0.1, -0.05) is 31.0 Å². The number of ether oxygens (including phenoxy) is 3. The largest absolute Gasteiger partial charge is 0.497 e. The monoisotopic (exact) mass is 435 g/mol. The third-order valence-corrected chi connectivity index (χ3v) is 7.12. The first-order valence-electron chi connectivity index (χ1n) is 11.3. The molecule has 1 saturated carbocycles. The van der Waals surface area contributed by atoms with E-state index in [4.69, 9.17) is 14.2 Å². The van der Waals surface area contributed by atoms with E-state index >= 15 is 0 Å². The first kappa shape index (κ1) is 20.9. The molecular formula is C26H29NO5. The second kappa shape index (κ2) is 8.51. The van der Waals surface area contributed by atoms with Crippen LogP contribution < -0.4 is 14.2 Å². The number of hydrogen-bond donors (Lipinski definition) is 1. The third-order valence-electron chi connectivity index (χ3n) is 7.12. The van der Waals surface area contributed by atoms with Crippen LogP contribution in [-0.2, 0) is 4.79 Å². The van der Waals surface area contributed by atoms with E-state index in [1.54, 1.807) is 13.2 Å². The van der Waals surface area contributed by atoms with Gasteiger partial charge in [-0.05, 0) is 60.7 Å². The van der Waals surface area contributed by atoms with Gasteiger partial charge in [-0.3, -0.25) is 4.79 Å². The molecule has 0 bridgehead atoms. The molecule has 3 aliphatic rings. The maximum Gasteiger partial charge on any atom is 0.247 e. The highest BCUT2D eigenvalue weighted by Crippen LogP contribution is 2.49. The third kappa shape index (κ3) is 3.84. The predicted octanol–water partition coefficient (Wildman–Crippen LogP) is 4.33. The van der Waals surface area contributed by atoms with Crippen molar-refractivity contribution in [2.24, 2.45) is 5.92 Å². The Labute approximate surface area is 188 Å². The summed E-state index contributed by atoms with van der Waals surface area (Å²) in [7, 11) is 1.65. The average Bonchev–Trinajstić information content (AvgIpc) is 3.29. The molecule has 6 heteroatoms. The van der Waals surface area contributed by atoms with Crippen molar-refractivity contribution in [1.29, 1.82) is 0 Å². The second-order valence-electron chi connectivity index (χ2n) is 8.90. The number of carbonyl (C=O) groups is 1. The van der Waals surface area contributed by atoms with Crippen LogP contribution in [0.5, 0.6) is 17.2 Å². The number of rotatable bonds is 4. The fourth-order valence-electron chi connectivity index (χ4n) is 5.42. The minimum Gasteiger partial charge on any atom is -0.497 e. The first-order chi connectivity index (χ1) is 15.6. The first-order valence-corrected chi connectivity index (χ1v) is 11.3. The number of nitrogens with zero attached hydrogens (tertiary/aromatic N) is 1. The zero-order valence-corrected chi connectivity index (χ0v) is 18.3. The molecule has 0 spiro atoms. The zero-order valence-electron chi connectivity index (χ0n) is 18.3. The van der Waals surface area contributed by atoms with Crippen LogP contribution >= 0.6 is 0 Å². The second-order valence-corrected chi connectivity index (χ2v) is 8.90. The van der Waals surface area contributed by atoms with Gasteiger partial charge in [-0.2, -0.15) is 0 Å². The van der Waals surface area contributed by atoms with Crippen LogP contribution in [0.2, 0.25) is 0 Å². The van der Waals surface area contributed by atoms with E-state index in [0.717, 1.165) is 48.3 Å². The lowest BCUT2D eigenvalue weighted by Crippen LogP contribution is -2.56. The molecule has 3 atom stereocenters. The lowest BCUT2D eigenvalue weighted by Gasteiger charge is -2.52. The fraction of sp³-hybridized carbons (Fsp3) is 0.423. The van der Waals surface area contributed by atoms with Crippen LogP contribution in [0.1, 0.15) is 49.3 Å². The van der Waals surface area contributed by atoms with Crippen molar-refractivity contribution in [2.45, 2.75) is 43.7 Å². The van der Waals surface area contributed by atoms with Crippen LogP contribution in [0.25, 0.3) is 6.08 Å². The van der Waals surface area contributed by atoms with E-state index in [1.807, 2.05) is 53.4 Å². The molecule has 2 heterocycles. The van der Waals surface area contributed by atoms with Crippen molar-refractivity contribution in [3.8, 4) is 17.2 Å². The molecule has 6 nitrogen and oxygen atoms in total. The number of piperidine rings is 1. The number of fused-ring (bicyclic) bond motifs is 2. The summed E-state index contributed by atoms with van der Waals surface area (Å²) in [4.78, 5) is 15.3. The topological polar surface area (TPSA) is 68.2 Å². The molecule has 0 aromatic heterocycles. The van der Waals surface area contributed by atoms with E-state index < -0.39 is 5.60 Å². The number of amides is 1. The SMILES string of the molecule is COc1ccc([C@@H]2[C@H]3CCCC[C@]3(O)CCN2C(=O)C=Cc2ccc3c(c2)OCO3)cc1. The summed E-state index contributed by atoms with van der Waals surface area (Å²) in [5.41, 5.74) is 1.22. The summed E-state index contributed by atoms with van der Waals surface area (Å²) in [5.74, 6) is 2.18. The molecule has 1 N–H and O–H groups in total. The molecule has 5 rings (SSSR count). The average molecular weight is 436 g/mol. The van der Waals surface area contributed by atoms with Gasteiger partial charge in [-0.15, -0.1) is 0 Å². The van der Waals surface area contributed by atoms with Crippen molar-refractivity contribution in [3.63, 3.8) is 0 Å². The molecule has 1 saturated heterocycles. The highest BCUT2D eigenvalue weighted by Gasteiger charge is 2.49. The van der Waals surface area contributed by atoms with Gasteiger partial charge in [0.1, 0.15) is 5.75 Å². The Bertz CT molecular complexity index is 1020. The van der Waals surface area contributed by atoms with Crippen molar-refractivity contribution < 1.29 is 24.1 Å². The van der Waals surface area contributed by atoms with Gasteiger partial charge in [0.05, 0.1) is 18.8 Å². The van der Waals surface area contributed by atoms with Crippen LogP contribution in [-0.4, -0.2) is 42.0 Å². The fourth-order valence-corrected chi connectivity index (χ4v) is 5.42. The van der Waals surface area contributed by atoms with Gasteiger partial charge < -0.3 is 24.2 Å². The van der Waals surface area contributed by atoms with Gasteiger partial charge in [0.2, 0.25) is 12.7 Å². The van der Waals surface area contributed by atoms with Gasteiger partial charge in [0.15, 0.2) is 11.5 Å². The molecule has 0 unspecified atom stereocenters. The normalized spacial score (nSPS) is 26.8. The minimum absolute atomic E-state index is 0.0290. The molecule has 1 aliphatic carbocycles. The lowest BCUT2D eigenvalue weighted by molar-refractivity contribution is -0.150. The quantitative estimate of drug-likeness (QED) is 0.724. The Morgan fingerprint density at radius 3 is 2.75 bits per heavy atom. The van der Waals surface area contributed by atoms with E-state index in [1.165, 1.54) is 0 Å². The number of benzene rings is 2. The molecule has 168 valence electrons. The van der Waals surface area contributed by atoms with Crippen LogP contribution in [0.4, 0.5) is 0 Å². The van der Waals surface area contributed by atoms with Gasteiger partial charge in [0.25, 0.3) is 0 Å². The predicted molar refractivity (Wildman–Crippen MR) is 121 cm³/mol. The van der Waals surface area contributed by atoms with Crippen molar-refractivity contribution >= 4 is 12.0 Å². The Balaban J connectivity index is 1.43. The van der Waals surface area contributed by atoms with Gasteiger partial charge >= 0.3 is 0 Å². The van der Waals surface area contributed by atoms with Crippen LogP contribution in [0.3, 0.4) is 0 Å². The molecule has 2 aliphatic heterocycles. The summed E-state index contributed by atoms with van der Waals surface area (Å²) in [6.07, 6.45) is 7.91.